The van der Waals surface area contributed by atoms with Crippen LogP contribution < -0.4 is 5.63 Å². The fourth-order valence-corrected chi connectivity index (χ4v) is 3.53. The summed E-state index contributed by atoms with van der Waals surface area (Å²) in [5.74, 6) is 0.439. The molecule has 1 aromatic heterocycles. The normalized spacial score (nSPS) is 18.4. The fourth-order valence-electron chi connectivity index (χ4n) is 3.53. The molecule has 0 aliphatic carbocycles. The van der Waals surface area contributed by atoms with Crippen LogP contribution in [0.4, 0.5) is 0 Å². The zero-order valence-corrected chi connectivity index (χ0v) is 15.3. The Bertz CT molecular complexity index is 804. The molecule has 0 saturated carbocycles. The molecule has 1 aliphatic rings. The van der Waals surface area contributed by atoms with Crippen LogP contribution >= 0.6 is 0 Å². The first-order valence-electron chi connectivity index (χ1n) is 8.68. The van der Waals surface area contributed by atoms with E-state index in [1.165, 1.54) is 11.1 Å². The van der Waals surface area contributed by atoms with Crippen molar-refractivity contribution in [1.82, 2.24) is 4.90 Å². The monoisotopic (exact) mass is 329 g/mol. The molecule has 0 atom stereocenters. The van der Waals surface area contributed by atoms with Gasteiger partial charge in [-0.1, -0.05) is 13.8 Å². The van der Waals surface area contributed by atoms with Crippen molar-refractivity contribution in [3.8, 4) is 0 Å². The lowest BCUT2D eigenvalue weighted by atomic mass is 9.94. The molecule has 2 aromatic rings. The maximum absolute atomic E-state index is 12.0. The third kappa shape index (κ3) is 3.26. The number of ether oxygens (including phenoxy) is 1. The highest BCUT2D eigenvalue weighted by Crippen LogP contribution is 2.29. The number of fused-ring (bicyclic) bond motifs is 1. The van der Waals surface area contributed by atoms with Gasteiger partial charge in [0.1, 0.15) is 5.58 Å². The van der Waals surface area contributed by atoms with Gasteiger partial charge in [0.2, 0.25) is 0 Å². The molecule has 1 fully saturated rings. The van der Waals surface area contributed by atoms with E-state index in [2.05, 4.69) is 45.6 Å². The van der Waals surface area contributed by atoms with E-state index in [1.807, 2.05) is 6.07 Å². The topological polar surface area (TPSA) is 42.7 Å². The Morgan fingerprint density at radius 3 is 2.67 bits per heavy atom. The number of aryl methyl sites for hydroxylation is 1. The van der Waals surface area contributed by atoms with E-state index >= 15 is 0 Å². The first-order valence-corrected chi connectivity index (χ1v) is 8.68. The molecule has 0 radical (unpaired) electrons. The minimum absolute atomic E-state index is 0.0355. The van der Waals surface area contributed by atoms with Gasteiger partial charge in [-0.3, -0.25) is 4.90 Å². The molecule has 130 valence electrons. The minimum Gasteiger partial charge on any atom is -0.423 e. The number of hydrogen-bond acceptors (Lipinski definition) is 4. The average Bonchev–Trinajstić information content (AvgIpc) is 2.48. The zero-order chi connectivity index (χ0) is 17.5. The van der Waals surface area contributed by atoms with Gasteiger partial charge >= 0.3 is 5.63 Å². The first-order chi connectivity index (χ1) is 11.3. The fraction of sp³-hybridized carbons (Fsp3) is 0.550. The summed E-state index contributed by atoms with van der Waals surface area (Å²) in [5, 5.41) is 1.05. The van der Waals surface area contributed by atoms with E-state index in [9.17, 15) is 4.79 Å². The largest absolute Gasteiger partial charge is 0.423 e. The molecule has 0 amide bonds. The van der Waals surface area contributed by atoms with E-state index in [0.29, 0.717) is 18.1 Å². The van der Waals surface area contributed by atoms with Crippen LogP contribution in [0.15, 0.2) is 27.4 Å². The number of benzene rings is 1. The van der Waals surface area contributed by atoms with Crippen molar-refractivity contribution in [3.63, 3.8) is 0 Å². The van der Waals surface area contributed by atoms with Crippen molar-refractivity contribution >= 4 is 11.0 Å². The average molecular weight is 329 g/mol. The third-order valence-corrected chi connectivity index (χ3v) is 5.02. The Morgan fingerprint density at radius 2 is 2.00 bits per heavy atom. The summed E-state index contributed by atoms with van der Waals surface area (Å²) in [7, 11) is 0. The lowest BCUT2D eigenvalue weighted by Gasteiger charge is -2.42. The second kappa shape index (κ2) is 6.34. The number of hydrogen-bond donors (Lipinski definition) is 0. The second-order valence-corrected chi connectivity index (χ2v) is 7.74. The molecule has 0 N–H and O–H groups in total. The van der Waals surface area contributed by atoms with Crippen molar-refractivity contribution in [2.45, 2.75) is 52.6 Å². The Labute approximate surface area is 143 Å². The van der Waals surface area contributed by atoms with Gasteiger partial charge in [0.15, 0.2) is 0 Å². The number of morpholine rings is 1. The van der Waals surface area contributed by atoms with Crippen LogP contribution in [-0.4, -0.2) is 30.2 Å². The molecule has 1 saturated heterocycles. The lowest BCUT2D eigenvalue weighted by Crippen LogP contribution is -2.52. The van der Waals surface area contributed by atoms with Crippen LogP contribution in [0.1, 0.15) is 50.3 Å². The zero-order valence-electron chi connectivity index (χ0n) is 15.3. The smallest absolute Gasteiger partial charge is 0.336 e. The van der Waals surface area contributed by atoms with Gasteiger partial charge in [0.25, 0.3) is 0 Å². The van der Waals surface area contributed by atoms with Crippen LogP contribution in [0.5, 0.6) is 0 Å². The quantitative estimate of drug-likeness (QED) is 0.803. The summed E-state index contributed by atoms with van der Waals surface area (Å²) in [6.45, 7) is 13.9. The van der Waals surface area contributed by atoms with E-state index in [0.717, 1.165) is 30.6 Å². The second-order valence-electron chi connectivity index (χ2n) is 7.74. The van der Waals surface area contributed by atoms with Crippen molar-refractivity contribution < 1.29 is 9.15 Å². The summed E-state index contributed by atoms with van der Waals surface area (Å²) in [4.78, 5) is 14.4. The van der Waals surface area contributed by atoms with Gasteiger partial charge in [0, 0.05) is 30.1 Å². The highest BCUT2D eigenvalue weighted by atomic mass is 16.5. The SMILES string of the molecule is Cc1cc2oc(=O)cc(CN3CCOCC3(C)C)c2cc1C(C)C. The molecule has 24 heavy (non-hydrogen) atoms. The molecule has 2 heterocycles. The van der Waals surface area contributed by atoms with Gasteiger partial charge in [-0.05, 0) is 55.5 Å². The molecule has 0 spiro atoms. The highest BCUT2D eigenvalue weighted by Gasteiger charge is 2.30. The maximum Gasteiger partial charge on any atom is 0.336 e. The predicted octanol–water partition coefficient (Wildman–Crippen LogP) is 3.84. The molecule has 4 heteroatoms. The lowest BCUT2D eigenvalue weighted by molar-refractivity contribution is -0.0551. The van der Waals surface area contributed by atoms with E-state index in [4.69, 9.17) is 9.15 Å². The van der Waals surface area contributed by atoms with E-state index in [1.54, 1.807) is 6.07 Å². The van der Waals surface area contributed by atoms with Crippen LogP contribution in [0.3, 0.4) is 0 Å². The molecule has 4 nitrogen and oxygen atoms in total. The predicted molar refractivity (Wildman–Crippen MR) is 96.6 cm³/mol. The van der Waals surface area contributed by atoms with Crippen LogP contribution in [-0.2, 0) is 11.3 Å². The van der Waals surface area contributed by atoms with Crippen molar-refractivity contribution in [2.75, 3.05) is 19.8 Å². The summed E-state index contributed by atoms with van der Waals surface area (Å²) in [5.41, 5.74) is 3.89. The maximum atomic E-state index is 12.0. The van der Waals surface area contributed by atoms with E-state index < -0.39 is 0 Å². The Hall–Kier alpha value is -1.65. The Morgan fingerprint density at radius 1 is 1.25 bits per heavy atom. The highest BCUT2D eigenvalue weighted by molar-refractivity contribution is 5.82. The van der Waals surface area contributed by atoms with Gasteiger partial charge in [0.05, 0.1) is 13.2 Å². The van der Waals surface area contributed by atoms with Crippen LogP contribution in [0.25, 0.3) is 11.0 Å². The summed E-state index contributed by atoms with van der Waals surface area (Å²) in [6.07, 6.45) is 0. The van der Waals surface area contributed by atoms with Gasteiger partial charge < -0.3 is 9.15 Å². The van der Waals surface area contributed by atoms with Crippen LogP contribution in [0.2, 0.25) is 0 Å². The third-order valence-electron chi connectivity index (χ3n) is 5.02. The van der Waals surface area contributed by atoms with Crippen LogP contribution in [0, 0.1) is 6.92 Å². The molecule has 1 aliphatic heterocycles. The Kier molecular flexibility index (Phi) is 4.54. The van der Waals surface area contributed by atoms with Crippen molar-refractivity contribution in [2.24, 2.45) is 0 Å². The molecule has 3 rings (SSSR count). The van der Waals surface area contributed by atoms with Crippen molar-refractivity contribution in [3.05, 3.63) is 45.3 Å². The molecule has 0 unspecified atom stereocenters. The van der Waals surface area contributed by atoms with Crippen molar-refractivity contribution in [1.29, 1.82) is 0 Å². The van der Waals surface area contributed by atoms with Gasteiger partial charge in [-0.2, -0.15) is 0 Å². The summed E-state index contributed by atoms with van der Waals surface area (Å²) in [6, 6.07) is 5.84. The molecule has 1 aromatic carbocycles. The Balaban J connectivity index is 2.09. The number of nitrogens with zero attached hydrogens (tertiary/aromatic N) is 1. The van der Waals surface area contributed by atoms with Gasteiger partial charge in [-0.25, -0.2) is 4.79 Å². The first kappa shape index (κ1) is 17.2. The molecular formula is C20H27NO3. The summed E-state index contributed by atoms with van der Waals surface area (Å²) >= 11 is 0. The number of rotatable bonds is 3. The standard InChI is InChI=1S/C20H27NO3/c1-13(2)16-10-17-15(9-19(22)24-18(17)8-14(16)3)11-21-6-7-23-12-20(21,4)5/h8-10,13H,6-7,11-12H2,1-5H3. The van der Waals surface area contributed by atoms with Gasteiger partial charge in [-0.15, -0.1) is 0 Å². The summed E-state index contributed by atoms with van der Waals surface area (Å²) < 4.78 is 11.1. The molecular weight excluding hydrogens is 302 g/mol. The minimum atomic E-state index is -0.278. The molecule has 0 bridgehead atoms. The van der Waals surface area contributed by atoms with E-state index in [-0.39, 0.29) is 11.2 Å².